The molecule has 10 nitrogen and oxygen atoms in total. The molecule has 4 atom stereocenters. The predicted octanol–water partition coefficient (Wildman–Crippen LogP) is 4.09. The zero-order valence-corrected chi connectivity index (χ0v) is 29.2. The summed E-state index contributed by atoms with van der Waals surface area (Å²) in [4.78, 5) is 39.1. The lowest BCUT2D eigenvalue weighted by Crippen LogP contribution is -2.64. The van der Waals surface area contributed by atoms with E-state index < -0.39 is 29.6 Å². The molecule has 1 unspecified atom stereocenters. The standard InChI is InChI=1S/C37H53F2N7O3/c1-25(2)42-32(14-8-11-17-44-15-9-5-10-16-44)36(48)46-19-18-45(37-43-26(3)34(49-37)28-12-6-4-7-13-28)24-33(46)35(47)41-23-27-20-30(38)29(22-40)31(39)21-27/h4,6-7,12-13,20-21,25-26,32-34,42H,5,8-11,14-19,22-24,40H2,1-3H3,(H,41,47)/t26-,32?,33-,34+/m0/s1. The second-order valence-corrected chi connectivity index (χ2v) is 13.8. The Labute approximate surface area is 289 Å². The van der Waals surface area contributed by atoms with Crippen LogP contribution >= 0.6 is 0 Å². The summed E-state index contributed by atoms with van der Waals surface area (Å²) in [5.41, 5.74) is 6.57. The van der Waals surface area contributed by atoms with Crippen molar-refractivity contribution in [1.82, 2.24) is 25.3 Å². The average Bonchev–Trinajstić information content (AvgIpc) is 3.50. The van der Waals surface area contributed by atoms with Crippen molar-refractivity contribution in [1.29, 1.82) is 0 Å². The quantitative estimate of drug-likeness (QED) is 0.273. The van der Waals surface area contributed by atoms with Crippen LogP contribution in [0.4, 0.5) is 8.78 Å². The third kappa shape index (κ3) is 9.55. The van der Waals surface area contributed by atoms with E-state index in [1.54, 1.807) is 4.90 Å². The van der Waals surface area contributed by atoms with Crippen molar-refractivity contribution in [3.63, 3.8) is 0 Å². The van der Waals surface area contributed by atoms with Crippen LogP contribution in [-0.4, -0.2) is 96.0 Å². The van der Waals surface area contributed by atoms with E-state index in [1.165, 1.54) is 31.4 Å². The van der Waals surface area contributed by atoms with Gasteiger partial charge in [0.15, 0.2) is 0 Å². The van der Waals surface area contributed by atoms with Gasteiger partial charge in [-0.2, -0.15) is 0 Å². The molecule has 5 rings (SSSR count). The number of carbonyl (C=O) groups is 2. The molecule has 0 saturated carbocycles. The zero-order chi connectivity index (χ0) is 34.9. The maximum Gasteiger partial charge on any atom is 0.288 e. The van der Waals surface area contributed by atoms with E-state index in [0.29, 0.717) is 25.5 Å². The van der Waals surface area contributed by atoms with Crippen LogP contribution in [0.15, 0.2) is 47.5 Å². The van der Waals surface area contributed by atoms with Crippen LogP contribution in [0.2, 0.25) is 0 Å². The van der Waals surface area contributed by atoms with Gasteiger partial charge in [-0.1, -0.05) is 57.0 Å². The SMILES string of the molecule is CC(C)NC(CCCCN1CCCCC1)C(=O)N1CCN(C2=N[C@@H](C)[C@H](c3ccccc3)O2)C[C@H]1C(=O)NCc1cc(F)c(CN)c(F)c1. The Morgan fingerprint density at radius 2 is 1.73 bits per heavy atom. The number of likely N-dealkylation sites (tertiary alicyclic amines) is 1. The molecule has 2 amide bonds. The summed E-state index contributed by atoms with van der Waals surface area (Å²) in [6.45, 7) is 9.89. The molecule has 0 aromatic heterocycles. The van der Waals surface area contributed by atoms with Gasteiger partial charge in [0.2, 0.25) is 11.8 Å². The highest BCUT2D eigenvalue weighted by Crippen LogP contribution is 2.30. The van der Waals surface area contributed by atoms with Gasteiger partial charge < -0.3 is 35.8 Å². The molecule has 0 radical (unpaired) electrons. The highest BCUT2D eigenvalue weighted by Gasteiger charge is 2.41. The summed E-state index contributed by atoms with van der Waals surface area (Å²) in [5.74, 6) is -2.05. The summed E-state index contributed by atoms with van der Waals surface area (Å²) < 4.78 is 35.3. The Balaban J connectivity index is 1.30. The molecule has 12 heteroatoms. The lowest BCUT2D eigenvalue weighted by Gasteiger charge is -2.42. The highest BCUT2D eigenvalue weighted by atomic mass is 19.1. The molecule has 3 heterocycles. The van der Waals surface area contributed by atoms with Crippen molar-refractivity contribution >= 4 is 17.8 Å². The van der Waals surface area contributed by atoms with Crippen molar-refractivity contribution < 1.29 is 23.1 Å². The fraction of sp³-hybridized carbons (Fsp3) is 0.595. The van der Waals surface area contributed by atoms with Gasteiger partial charge in [0.1, 0.15) is 23.8 Å². The van der Waals surface area contributed by atoms with Gasteiger partial charge >= 0.3 is 0 Å². The number of rotatable bonds is 13. The number of hydrogen-bond acceptors (Lipinski definition) is 8. The van der Waals surface area contributed by atoms with Crippen LogP contribution in [0.5, 0.6) is 0 Å². The highest BCUT2D eigenvalue weighted by molar-refractivity contribution is 5.91. The Hall–Kier alpha value is -3.61. The first-order valence-electron chi connectivity index (χ1n) is 17.9. The Kier molecular flexibility index (Phi) is 13.0. The molecule has 0 spiro atoms. The molecule has 0 bridgehead atoms. The number of amides is 2. The van der Waals surface area contributed by atoms with E-state index >= 15 is 0 Å². The summed E-state index contributed by atoms with van der Waals surface area (Å²) in [6, 6.07) is 11.3. The number of piperazine rings is 1. The first-order chi connectivity index (χ1) is 23.6. The molecule has 2 fully saturated rings. The second kappa shape index (κ2) is 17.4. The summed E-state index contributed by atoms with van der Waals surface area (Å²) >= 11 is 0. The summed E-state index contributed by atoms with van der Waals surface area (Å²) in [7, 11) is 0. The predicted molar refractivity (Wildman–Crippen MR) is 187 cm³/mol. The Morgan fingerprint density at radius 3 is 2.41 bits per heavy atom. The van der Waals surface area contributed by atoms with Gasteiger partial charge in [-0.15, -0.1) is 0 Å². The van der Waals surface area contributed by atoms with E-state index in [-0.39, 0.29) is 54.9 Å². The number of benzene rings is 2. The molecular formula is C37H53F2N7O3. The summed E-state index contributed by atoms with van der Waals surface area (Å²) in [6.07, 6.45) is 6.10. The van der Waals surface area contributed by atoms with Gasteiger partial charge in [0.25, 0.3) is 6.02 Å². The minimum atomic E-state index is -0.874. The number of aliphatic imine (C=N–C) groups is 1. The molecule has 268 valence electrons. The number of unbranched alkanes of at least 4 members (excludes halogenated alkanes) is 1. The lowest BCUT2D eigenvalue weighted by atomic mass is 10.0. The monoisotopic (exact) mass is 681 g/mol. The van der Waals surface area contributed by atoms with Gasteiger partial charge in [0.05, 0.1) is 18.6 Å². The molecule has 3 aliphatic heterocycles. The average molecular weight is 682 g/mol. The number of hydrogen-bond donors (Lipinski definition) is 3. The first kappa shape index (κ1) is 36.7. The number of ether oxygens (including phenoxy) is 1. The molecule has 49 heavy (non-hydrogen) atoms. The van der Waals surface area contributed by atoms with Crippen LogP contribution in [0.25, 0.3) is 0 Å². The van der Waals surface area contributed by atoms with Crippen molar-refractivity contribution in [2.24, 2.45) is 10.7 Å². The molecule has 2 aromatic carbocycles. The topological polar surface area (TPSA) is 116 Å². The molecule has 2 saturated heterocycles. The van der Waals surface area contributed by atoms with E-state index in [9.17, 15) is 18.4 Å². The molecule has 0 aliphatic carbocycles. The fourth-order valence-corrected chi connectivity index (χ4v) is 7.08. The minimum absolute atomic E-state index is 0.0727. The lowest BCUT2D eigenvalue weighted by molar-refractivity contribution is -0.145. The van der Waals surface area contributed by atoms with Crippen LogP contribution in [0, 0.1) is 11.6 Å². The third-order valence-electron chi connectivity index (χ3n) is 9.72. The van der Waals surface area contributed by atoms with E-state index in [0.717, 1.165) is 38.0 Å². The maximum absolute atomic E-state index is 14.5. The zero-order valence-electron chi connectivity index (χ0n) is 29.2. The number of nitrogens with zero attached hydrogens (tertiary/aromatic N) is 4. The van der Waals surface area contributed by atoms with Crippen LogP contribution in [0.1, 0.15) is 82.1 Å². The largest absolute Gasteiger partial charge is 0.455 e. The number of nitrogens with one attached hydrogen (secondary N) is 2. The van der Waals surface area contributed by atoms with Crippen molar-refractivity contribution in [3.8, 4) is 0 Å². The van der Waals surface area contributed by atoms with Crippen LogP contribution in [0.3, 0.4) is 0 Å². The summed E-state index contributed by atoms with van der Waals surface area (Å²) in [5, 5.41) is 6.30. The molecule has 2 aromatic rings. The van der Waals surface area contributed by atoms with Crippen molar-refractivity contribution in [3.05, 3.63) is 70.8 Å². The Morgan fingerprint density at radius 1 is 1.02 bits per heavy atom. The van der Waals surface area contributed by atoms with Gasteiger partial charge in [-0.25, -0.2) is 13.8 Å². The maximum atomic E-state index is 14.5. The number of halogens is 2. The molecule has 4 N–H and O–H groups in total. The fourth-order valence-electron chi connectivity index (χ4n) is 7.08. The number of piperidine rings is 1. The van der Waals surface area contributed by atoms with E-state index in [1.807, 2.05) is 56.0 Å². The normalized spacial score (nSPS) is 22.2. The van der Waals surface area contributed by atoms with Gasteiger partial charge in [-0.3, -0.25) is 9.59 Å². The third-order valence-corrected chi connectivity index (χ3v) is 9.72. The Bertz CT molecular complexity index is 1410. The number of amidine groups is 1. The van der Waals surface area contributed by atoms with Crippen LogP contribution in [-0.2, 0) is 27.4 Å². The minimum Gasteiger partial charge on any atom is -0.455 e. The van der Waals surface area contributed by atoms with Crippen molar-refractivity contribution in [2.45, 2.75) is 103 Å². The van der Waals surface area contributed by atoms with Gasteiger partial charge in [-0.05, 0) is 75.5 Å². The number of carbonyl (C=O) groups excluding carboxylic acids is 2. The van der Waals surface area contributed by atoms with Gasteiger partial charge in [0, 0.05) is 37.8 Å². The van der Waals surface area contributed by atoms with Crippen LogP contribution < -0.4 is 16.4 Å². The van der Waals surface area contributed by atoms with E-state index in [2.05, 4.69) is 15.5 Å². The second-order valence-electron chi connectivity index (χ2n) is 13.8. The number of nitrogens with two attached hydrogens (primary N) is 1. The molecule has 3 aliphatic rings. The molecular weight excluding hydrogens is 628 g/mol. The van der Waals surface area contributed by atoms with Crippen molar-refractivity contribution in [2.75, 3.05) is 39.3 Å². The van der Waals surface area contributed by atoms with E-state index in [4.69, 9.17) is 15.5 Å². The first-order valence-corrected chi connectivity index (χ1v) is 17.9. The smallest absolute Gasteiger partial charge is 0.288 e.